The van der Waals surface area contributed by atoms with Gasteiger partial charge in [0.05, 0.1) is 6.61 Å². The molecule has 5 heteroatoms. The molecular weight excluding hydrogens is 312 g/mol. The number of hydrogen-bond donors (Lipinski definition) is 2. The van der Waals surface area contributed by atoms with E-state index in [4.69, 9.17) is 4.74 Å². The smallest absolute Gasteiger partial charge is 0.191 e. The maximum atomic E-state index is 5.60. The van der Waals surface area contributed by atoms with E-state index in [0.717, 1.165) is 18.3 Å². The monoisotopic (exact) mass is 346 g/mol. The quantitative estimate of drug-likeness (QED) is 0.589. The maximum absolute atomic E-state index is 5.60. The van der Waals surface area contributed by atoms with E-state index in [9.17, 15) is 0 Å². The second-order valence-electron chi connectivity index (χ2n) is 6.72. The molecule has 5 nitrogen and oxygen atoms in total. The number of piperidine rings is 1. The molecule has 1 aliphatic rings. The van der Waals surface area contributed by atoms with Crippen LogP contribution in [-0.4, -0.2) is 50.2 Å². The van der Waals surface area contributed by atoms with Gasteiger partial charge in [0.15, 0.2) is 5.96 Å². The largest absolute Gasteiger partial charge is 0.494 e. The molecule has 140 valence electrons. The Bertz CT molecular complexity index is 551. The predicted octanol–water partition coefficient (Wildman–Crippen LogP) is 2.93. The number of nitrogens with zero attached hydrogens (tertiary/aromatic N) is 2. The van der Waals surface area contributed by atoms with Crippen molar-refractivity contribution in [2.75, 3.05) is 33.3 Å². The van der Waals surface area contributed by atoms with E-state index in [-0.39, 0.29) is 0 Å². The van der Waals surface area contributed by atoms with Crippen molar-refractivity contribution in [3.8, 4) is 5.75 Å². The standard InChI is InChI=1S/C20H34N4O/c1-5-11-24-12-9-18(10-13-24)23-20(21-4)22-15-17-7-8-19(25-6-2)16(3)14-17/h7-8,14,18H,5-6,9-13,15H2,1-4H3,(H2,21,22,23). The van der Waals surface area contributed by atoms with Crippen LogP contribution in [0.25, 0.3) is 0 Å². The zero-order valence-corrected chi connectivity index (χ0v) is 16.3. The van der Waals surface area contributed by atoms with Crippen LogP contribution in [0.15, 0.2) is 23.2 Å². The third-order valence-electron chi connectivity index (χ3n) is 4.69. The normalized spacial score (nSPS) is 16.7. The van der Waals surface area contributed by atoms with Gasteiger partial charge in [0.2, 0.25) is 0 Å². The summed E-state index contributed by atoms with van der Waals surface area (Å²) in [5.74, 6) is 1.85. The first-order valence-electron chi connectivity index (χ1n) is 9.58. The number of rotatable bonds is 7. The zero-order chi connectivity index (χ0) is 18.1. The number of guanidine groups is 1. The van der Waals surface area contributed by atoms with Crippen LogP contribution >= 0.6 is 0 Å². The molecule has 0 amide bonds. The molecule has 1 aromatic carbocycles. The molecule has 0 radical (unpaired) electrons. The van der Waals surface area contributed by atoms with Crippen LogP contribution in [0.1, 0.15) is 44.2 Å². The van der Waals surface area contributed by atoms with Crippen LogP contribution in [0, 0.1) is 6.92 Å². The van der Waals surface area contributed by atoms with E-state index in [1.165, 1.54) is 50.0 Å². The summed E-state index contributed by atoms with van der Waals surface area (Å²) < 4.78 is 5.60. The Morgan fingerprint density at radius 1 is 1.28 bits per heavy atom. The van der Waals surface area contributed by atoms with Crippen molar-refractivity contribution in [3.05, 3.63) is 29.3 Å². The van der Waals surface area contributed by atoms with E-state index in [0.29, 0.717) is 12.6 Å². The van der Waals surface area contributed by atoms with Gasteiger partial charge >= 0.3 is 0 Å². The number of ether oxygens (including phenoxy) is 1. The van der Waals surface area contributed by atoms with E-state index in [1.54, 1.807) is 0 Å². The molecule has 1 saturated heterocycles. The van der Waals surface area contributed by atoms with Crippen LogP contribution in [0.2, 0.25) is 0 Å². The van der Waals surface area contributed by atoms with E-state index in [2.05, 4.69) is 52.6 Å². The van der Waals surface area contributed by atoms with Crippen LogP contribution in [0.5, 0.6) is 5.75 Å². The highest BCUT2D eigenvalue weighted by atomic mass is 16.5. The SMILES string of the molecule is CCCN1CCC(NC(=NC)NCc2ccc(OCC)c(C)c2)CC1. The lowest BCUT2D eigenvalue weighted by Gasteiger charge is -2.32. The van der Waals surface area contributed by atoms with E-state index in [1.807, 2.05) is 14.0 Å². The summed E-state index contributed by atoms with van der Waals surface area (Å²) >= 11 is 0. The van der Waals surface area contributed by atoms with Gasteiger partial charge in [0.1, 0.15) is 5.75 Å². The number of aliphatic imine (C=N–C) groups is 1. The number of aryl methyl sites for hydroxylation is 1. The molecule has 1 aromatic rings. The molecule has 2 N–H and O–H groups in total. The molecule has 0 spiro atoms. The number of benzene rings is 1. The Kier molecular flexibility index (Phi) is 8.06. The molecule has 0 aliphatic carbocycles. The molecule has 1 fully saturated rings. The Morgan fingerprint density at radius 3 is 2.64 bits per heavy atom. The lowest BCUT2D eigenvalue weighted by molar-refractivity contribution is 0.206. The summed E-state index contributed by atoms with van der Waals surface area (Å²) in [5, 5.41) is 7.00. The van der Waals surface area contributed by atoms with Gasteiger partial charge in [0.25, 0.3) is 0 Å². The molecule has 0 atom stereocenters. The van der Waals surface area contributed by atoms with Gasteiger partial charge < -0.3 is 20.3 Å². The van der Waals surface area contributed by atoms with E-state index >= 15 is 0 Å². The summed E-state index contributed by atoms with van der Waals surface area (Å²) in [7, 11) is 1.84. The number of hydrogen-bond acceptors (Lipinski definition) is 3. The summed E-state index contributed by atoms with van der Waals surface area (Å²) in [6.45, 7) is 11.4. The Morgan fingerprint density at radius 2 is 2.04 bits per heavy atom. The highest BCUT2D eigenvalue weighted by Gasteiger charge is 2.19. The van der Waals surface area contributed by atoms with Gasteiger partial charge in [-0.2, -0.15) is 0 Å². The summed E-state index contributed by atoms with van der Waals surface area (Å²) in [4.78, 5) is 6.93. The average Bonchev–Trinajstić information content (AvgIpc) is 2.62. The van der Waals surface area contributed by atoms with Gasteiger partial charge in [-0.05, 0) is 56.8 Å². The minimum atomic E-state index is 0.515. The summed E-state index contributed by atoms with van der Waals surface area (Å²) in [6, 6.07) is 6.85. The Hall–Kier alpha value is -1.75. The number of likely N-dealkylation sites (tertiary alicyclic amines) is 1. The molecule has 0 unspecified atom stereocenters. The maximum Gasteiger partial charge on any atom is 0.191 e. The Balaban J connectivity index is 1.80. The van der Waals surface area contributed by atoms with Crippen LogP contribution in [-0.2, 0) is 6.54 Å². The van der Waals surface area contributed by atoms with E-state index < -0.39 is 0 Å². The third-order valence-corrected chi connectivity index (χ3v) is 4.69. The fourth-order valence-electron chi connectivity index (χ4n) is 3.33. The molecule has 1 aliphatic heterocycles. The van der Waals surface area contributed by atoms with Gasteiger partial charge in [-0.3, -0.25) is 4.99 Å². The van der Waals surface area contributed by atoms with Gasteiger partial charge in [-0.1, -0.05) is 19.1 Å². The lowest BCUT2D eigenvalue weighted by atomic mass is 10.1. The van der Waals surface area contributed by atoms with Gasteiger partial charge in [-0.15, -0.1) is 0 Å². The van der Waals surface area contributed by atoms with Crippen molar-refractivity contribution in [1.82, 2.24) is 15.5 Å². The molecule has 0 aromatic heterocycles. The highest BCUT2D eigenvalue weighted by molar-refractivity contribution is 5.79. The minimum Gasteiger partial charge on any atom is -0.494 e. The number of nitrogens with one attached hydrogen (secondary N) is 2. The Labute approximate surface area is 152 Å². The van der Waals surface area contributed by atoms with Crippen LogP contribution in [0.4, 0.5) is 0 Å². The highest BCUT2D eigenvalue weighted by Crippen LogP contribution is 2.19. The zero-order valence-electron chi connectivity index (χ0n) is 16.3. The van der Waals surface area contributed by atoms with Crippen LogP contribution in [0.3, 0.4) is 0 Å². The van der Waals surface area contributed by atoms with Crippen LogP contribution < -0.4 is 15.4 Å². The molecule has 0 bridgehead atoms. The van der Waals surface area contributed by atoms with Crippen molar-refractivity contribution in [2.45, 2.75) is 52.6 Å². The van der Waals surface area contributed by atoms with Crippen molar-refractivity contribution in [1.29, 1.82) is 0 Å². The van der Waals surface area contributed by atoms with Gasteiger partial charge in [0, 0.05) is 32.7 Å². The molecule has 2 rings (SSSR count). The first-order valence-corrected chi connectivity index (χ1v) is 9.58. The first kappa shape index (κ1) is 19.6. The second kappa shape index (κ2) is 10.3. The predicted molar refractivity (Wildman–Crippen MR) is 105 cm³/mol. The van der Waals surface area contributed by atoms with Crippen molar-refractivity contribution in [2.24, 2.45) is 4.99 Å². The summed E-state index contributed by atoms with van der Waals surface area (Å²) in [6.07, 6.45) is 3.61. The second-order valence-corrected chi connectivity index (χ2v) is 6.72. The fourth-order valence-corrected chi connectivity index (χ4v) is 3.33. The topological polar surface area (TPSA) is 48.9 Å². The minimum absolute atomic E-state index is 0.515. The summed E-state index contributed by atoms with van der Waals surface area (Å²) in [5.41, 5.74) is 2.41. The third kappa shape index (κ3) is 6.24. The molecule has 1 heterocycles. The van der Waals surface area contributed by atoms with Gasteiger partial charge in [-0.25, -0.2) is 0 Å². The van der Waals surface area contributed by atoms with Crippen molar-refractivity contribution >= 4 is 5.96 Å². The van der Waals surface area contributed by atoms with Crippen molar-refractivity contribution < 1.29 is 4.74 Å². The molecule has 0 saturated carbocycles. The first-order chi connectivity index (χ1) is 12.2. The van der Waals surface area contributed by atoms with Crippen molar-refractivity contribution in [3.63, 3.8) is 0 Å². The molecular formula is C20H34N4O. The molecule has 25 heavy (non-hydrogen) atoms. The lowest BCUT2D eigenvalue weighted by Crippen LogP contribution is -2.48. The average molecular weight is 347 g/mol. The fraction of sp³-hybridized carbons (Fsp3) is 0.650.